The zero-order valence-electron chi connectivity index (χ0n) is 9.14. The number of nitrogens with zero attached hydrogens (tertiary/aromatic N) is 1. The molecule has 0 aliphatic rings. The molecule has 5 heteroatoms. The number of hydrogen-bond acceptors (Lipinski definition) is 2. The number of fused-ring (bicyclic) bond motifs is 1. The summed E-state index contributed by atoms with van der Waals surface area (Å²) in [6, 6.07) is 3.53. The number of nitriles is 1. The lowest BCUT2D eigenvalue weighted by Gasteiger charge is -2.05. The van der Waals surface area contributed by atoms with E-state index in [0.717, 1.165) is 5.56 Å². The van der Waals surface area contributed by atoms with E-state index in [1.165, 1.54) is 6.07 Å². The van der Waals surface area contributed by atoms with Gasteiger partial charge in [-0.15, -0.1) is 0 Å². The summed E-state index contributed by atoms with van der Waals surface area (Å²) in [6.45, 7) is 3.91. The second kappa shape index (κ2) is 4.42. The van der Waals surface area contributed by atoms with Gasteiger partial charge < -0.3 is 4.42 Å². The molecule has 2 rings (SSSR count). The van der Waals surface area contributed by atoms with Gasteiger partial charge in [0.05, 0.1) is 15.1 Å². The second-order valence-electron chi connectivity index (χ2n) is 3.97. The average molecular weight is 289 g/mol. The van der Waals surface area contributed by atoms with Crippen LogP contribution in [0.15, 0.2) is 10.5 Å². The van der Waals surface area contributed by atoms with Crippen LogP contribution in [0.5, 0.6) is 0 Å². The van der Waals surface area contributed by atoms with Crippen LogP contribution in [0, 0.1) is 11.3 Å². The quantitative estimate of drug-likeness (QED) is 0.660. The molecule has 1 aromatic heterocycles. The van der Waals surface area contributed by atoms with Gasteiger partial charge in [-0.2, -0.15) is 5.26 Å². The van der Waals surface area contributed by atoms with Crippen LogP contribution in [0.4, 0.5) is 0 Å². The number of hydrogen-bond donors (Lipinski definition) is 0. The monoisotopic (exact) mass is 287 g/mol. The Morgan fingerprint density at radius 3 is 2.41 bits per heavy atom. The van der Waals surface area contributed by atoms with Crippen molar-refractivity contribution in [3.8, 4) is 6.07 Å². The highest BCUT2D eigenvalue weighted by atomic mass is 35.5. The van der Waals surface area contributed by atoms with Gasteiger partial charge >= 0.3 is 0 Å². The van der Waals surface area contributed by atoms with E-state index in [4.69, 9.17) is 44.5 Å². The average Bonchev–Trinajstić information content (AvgIpc) is 2.65. The Bertz CT molecular complexity index is 637. The van der Waals surface area contributed by atoms with Crippen LogP contribution < -0.4 is 0 Å². The zero-order chi connectivity index (χ0) is 12.7. The largest absolute Gasteiger partial charge is 0.444 e. The predicted molar refractivity (Wildman–Crippen MR) is 70.0 cm³/mol. The SMILES string of the molecule is CC(C)c1c(C#N)oc2c(Cl)cc(Cl)c(Cl)c12. The van der Waals surface area contributed by atoms with Crippen molar-refractivity contribution in [3.63, 3.8) is 0 Å². The molecule has 0 amide bonds. The molecule has 0 N–H and O–H groups in total. The van der Waals surface area contributed by atoms with E-state index in [9.17, 15) is 0 Å². The van der Waals surface area contributed by atoms with E-state index in [-0.39, 0.29) is 11.7 Å². The minimum atomic E-state index is 0.0953. The Kier molecular flexibility index (Phi) is 3.27. The van der Waals surface area contributed by atoms with E-state index in [1.807, 2.05) is 19.9 Å². The van der Waals surface area contributed by atoms with Crippen molar-refractivity contribution in [1.82, 2.24) is 0 Å². The van der Waals surface area contributed by atoms with Crippen LogP contribution in [0.25, 0.3) is 11.0 Å². The van der Waals surface area contributed by atoms with Crippen molar-refractivity contribution in [2.45, 2.75) is 19.8 Å². The third kappa shape index (κ3) is 1.89. The van der Waals surface area contributed by atoms with Crippen LogP contribution in [0.3, 0.4) is 0 Å². The van der Waals surface area contributed by atoms with Crippen molar-refractivity contribution in [2.24, 2.45) is 0 Å². The standard InChI is InChI=1S/C12H8Cl3NO/c1-5(2)9-8(4-16)17-12-7(14)3-6(13)11(15)10(9)12/h3,5H,1-2H3. The molecular formula is C12H8Cl3NO. The molecule has 1 aromatic carbocycles. The fourth-order valence-corrected chi connectivity index (χ4v) is 2.57. The van der Waals surface area contributed by atoms with Crippen LogP contribution >= 0.6 is 34.8 Å². The maximum Gasteiger partial charge on any atom is 0.208 e. The summed E-state index contributed by atoms with van der Waals surface area (Å²) in [5, 5.41) is 10.8. The van der Waals surface area contributed by atoms with Gasteiger partial charge in [-0.3, -0.25) is 0 Å². The first-order valence-electron chi connectivity index (χ1n) is 4.97. The van der Waals surface area contributed by atoms with E-state index in [1.54, 1.807) is 0 Å². The highest BCUT2D eigenvalue weighted by Crippen LogP contribution is 2.42. The minimum Gasteiger partial charge on any atom is -0.444 e. The lowest BCUT2D eigenvalue weighted by molar-refractivity contribution is 0.589. The molecule has 1 heterocycles. The van der Waals surface area contributed by atoms with Crippen LogP contribution in [0.2, 0.25) is 15.1 Å². The van der Waals surface area contributed by atoms with E-state index < -0.39 is 0 Å². The molecule has 88 valence electrons. The maximum atomic E-state index is 9.06. The summed E-state index contributed by atoms with van der Waals surface area (Å²) >= 11 is 18.2. The lowest BCUT2D eigenvalue weighted by atomic mass is 10.00. The van der Waals surface area contributed by atoms with E-state index >= 15 is 0 Å². The Hall–Kier alpha value is -0.880. The summed E-state index contributed by atoms with van der Waals surface area (Å²) in [5.41, 5.74) is 1.17. The van der Waals surface area contributed by atoms with Crippen molar-refractivity contribution in [3.05, 3.63) is 32.5 Å². The molecule has 0 unspecified atom stereocenters. The lowest BCUT2D eigenvalue weighted by Crippen LogP contribution is -1.89. The molecule has 0 atom stereocenters. The van der Waals surface area contributed by atoms with Crippen LogP contribution in [-0.2, 0) is 0 Å². The highest BCUT2D eigenvalue weighted by molar-refractivity contribution is 6.47. The predicted octanol–water partition coefficient (Wildman–Crippen LogP) is 5.39. The number of furan rings is 1. The fourth-order valence-electron chi connectivity index (χ4n) is 1.82. The minimum absolute atomic E-state index is 0.0953. The van der Waals surface area contributed by atoms with Gasteiger partial charge in [0.2, 0.25) is 5.76 Å². The van der Waals surface area contributed by atoms with Crippen molar-refractivity contribution in [2.75, 3.05) is 0 Å². The third-order valence-electron chi connectivity index (χ3n) is 2.52. The maximum absolute atomic E-state index is 9.06. The van der Waals surface area contributed by atoms with Crippen molar-refractivity contribution < 1.29 is 4.42 Å². The van der Waals surface area contributed by atoms with Crippen molar-refractivity contribution >= 4 is 45.8 Å². The third-order valence-corrected chi connectivity index (χ3v) is 3.59. The first kappa shape index (κ1) is 12.6. The molecule has 2 nitrogen and oxygen atoms in total. The molecular weight excluding hydrogens is 280 g/mol. The zero-order valence-corrected chi connectivity index (χ0v) is 11.4. The molecule has 0 spiro atoms. The van der Waals surface area contributed by atoms with E-state index in [0.29, 0.717) is 26.0 Å². The molecule has 0 saturated heterocycles. The molecule has 2 aromatic rings. The molecule has 0 fully saturated rings. The Morgan fingerprint density at radius 1 is 1.24 bits per heavy atom. The topological polar surface area (TPSA) is 36.9 Å². The van der Waals surface area contributed by atoms with Gasteiger partial charge in [0, 0.05) is 10.9 Å². The van der Waals surface area contributed by atoms with Gasteiger partial charge in [-0.05, 0) is 12.0 Å². The van der Waals surface area contributed by atoms with Crippen LogP contribution in [0.1, 0.15) is 31.1 Å². The molecule has 0 aliphatic carbocycles. The molecule has 0 aliphatic heterocycles. The van der Waals surface area contributed by atoms with Crippen molar-refractivity contribution in [1.29, 1.82) is 5.26 Å². The first-order chi connectivity index (χ1) is 7.97. The summed E-state index contributed by atoms with van der Waals surface area (Å²) in [7, 11) is 0. The fraction of sp³-hybridized carbons (Fsp3) is 0.250. The summed E-state index contributed by atoms with van der Waals surface area (Å²) < 4.78 is 5.44. The van der Waals surface area contributed by atoms with E-state index in [2.05, 4.69) is 0 Å². The van der Waals surface area contributed by atoms with Gasteiger partial charge in [0.25, 0.3) is 0 Å². The number of benzene rings is 1. The smallest absolute Gasteiger partial charge is 0.208 e. The van der Waals surface area contributed by atoms with Crippen LogP contribution in [-0.4, -0.2) is 0 Å². The second-order valence-corrected chi connectivity index (χ2v) is 5.16. The molecule has 0 bridgehead atoms. The van der Waals surface area contributed by atoms with Gasteiger partial charge in [0.15, 0.2) is 5.58 Å². The number of rotatable bonds is 1. The summed E-state index contributed by atoms with van der Waals surface area (Å²) in [4.78, 5) is 0. The van der Waals surface area contributed by atoms with Gasteiger partial charge in [-0.25, -0.2) is 0 Å². The molecule has 0 saturated carbocycles. The van der Waals surface area contributed by atoms with Gasteiger partial charge in [0.1, 0.15) is 6.07 Å². The summed E-state index contributed by atoms with van der Waals surface area (Å²) in [6.07, 6.45) is 0. The Morgan fingerprint density at radius 2 is 1.88 bits per heavy atom. The number of halogens is 3. The first-order valence-corrected chi connectivity index (χ1v) is 6.10. The Balaban J connectivity index is 3.01. The highest BCUT2D eigenvalue weighted by Gasteiger charge is 2.22. The molecule has 0 radical (unpaired) electrons. The van der Waals surface area contributed by atoms with Gasteiger partial charge in [-0.1, -0.05) is 48.7 Å². The normalized spacial score (nSPS) is 11.1. The molecule has 17 heavy (non-hydrogen) atoms. The summed E-state index contributed by atoms with van der Waals surface area (Å²) in [5.74, 6) is 0.332. The Labute approximate surface area is 114 Å².